The second kappa shape index (κ2) is 7.85. The Morgan fingerprint density at radius 2 is 1.55 bits per heavy atom. The Bertz CT molecular complexity index is 582. The number of hydrogen-bond donors (Lipinski definition) is 2. The standard InChI is InChI=1S/C19H26N2O/c1-14-11-15(2)19(16(3)12-14)21-10-9-20-13-17-5-7-18(22-4)8-6-17/h5-8,11-12,20-21H,9-10,13H2,1-4H3. The largest absolute Gasteiger partial charge is 0.497 e. The van der Waals surface area contributed by atoms with Gasteiger partial charge in [-0.2, -0.15) is 0 Å². The van der Waals surface area contributed by atoms with Crippen LogP contribution in [0.15, 0.2) is 36.4 Å². The van der Waals surface area contributed by atoms with Crippen LogP contribution in [0.3, 0.4) is 0 Å². The van der Waals surface area contributed by atoms with E-state index in [0.717, 1.165) is 25.4 Å². The molecule has 0 saturated heterocycles. The Morgan fingerprint density at radius 3 is 2.14 bits per heavy atom. The number of rotatable bonds is 7. The van der Waals surface area contributed by atoms with Gasteiger partial charge in [0.15, 0.2) is 0 Å². The number of ether oxygens (including phenoxy) is 1. The molecule has 0 spiro atoms. The van der Waals surface area contributed by atoms with Crippen LogP contribution in [0.5, 0.6) is 5.75 Å². The van der Waals surface area contributed by atoms with E-state index >= 15 is 0 Å². The maximum atomic E-state index is 5.16. The highest BCUT2D eigenvalue weighted by atomic mass is 16.5. The predicted molar refractivity (Wildman–Crippen MR) is 93.8 cm³/mol. The zero-order valence-electron chi connectivity index (χ0n) is 14.0. The molecule has 0 saturated carbocycles. The molecule has 118 valence electrons. The summed E-state index contributed by atoms with van der Waals surface area (Å²) < 4.78 is 5.16. The van der Waals surface area contributed by atoms with Crippen LogP contribution in [-0.2, 0) is 6.54 Å². The lowest BCUT2D eigenvalue weighted by Crippen LogP contribution is -2.22. The summed E-state index contributed by atoms with van der Waals surface area (Å²) in [6, 6.07) is 12.6. The number of benzene rings is 2. The molecule has 0 aliphatic heterocycles. The van der Waals surface area contributed by atoms with Crippen LogP contribution in [0.25, 0.3) is 0 Å². The molecule has 0 unspecified atom stereocenters. The predicted octanol–water partition coefficient (Wildman–Crippen LogP) is 3.82. The molecular weight excluding hydrogens is 272 g/mol. The molecule has 0 aliphatic carbocycles. The van der Waals surface area contributed by atoms with Gasteiger partial charge in [0, 0.05) is 25.3 Å². The zero-order valence-corrected chi connectivity index (χ0v) is 14.0. The molecule has 0 fully saturated rings. The van der Waals surface area contributed by atoms with Crippen molar-refractivity contribution in [2.24, 2.45) is 0 Å². The summed E-state index contributed by atoms with van der Waals surface area (Å²) in [5.41, 5.74) is 6.47. The zero-order chi connectivity index (χ0) is 15.9. The molecule has 0 amide bonds. The van der Waals surface area contributed by atoms with Gasteiger partial charge >= 0.3 is 0 Å². The summed E-state index contributed by atoms with van der Waals surface area (Å²) in [5.74, 6) is 0.899. The highest BCUT2D eigenvalue weighted by molar-refractivity contribution is 5.58. The van der Waals surface area contributed by atoms with Gasteiger partial charge in [-0.25, -0.2) is 0 Å². The lowest BCUT2D eigenvalue weighted by atomic mass is 10.1. The van der Waals surface area contributed by atoms with E-state index in [-0.39, 0.29) is 0 Å². The third-order valence-corrected chi connectivity index (χ3v) is 3.77. The molecule has 0 aromatic heterocycles. The van der Waals surface area contributed by atoms with Crippen LogP contribution in [0.4, 0.5) is 5.69 Å². The van der Waals surface area contributed by atoms with E-state index in [1.54, 1.807) is 7.11 Å². The van der Waals surface area contributed by atoms with Gasteiger partial charge in [0.25, 0.3) is 0 Å². The fraction of sp³-hybridized carbons (Fsp3) is 0.368. The number of anilines is 1. The Hall–Kier alpha value is -2.00. The van der Waals surface area contributed by atoms with Gasteiger partial charge < -0.3 is 15.4 Å². The molecule has 2 aromatic rings. The van der Waals surface area contributed by atoms with E-state index in [1.165, 1.54) is 27.9 Å². The normalized spacial score (nSPS) is 10.5. The molecule has 3 nitrogen and oxygen atoms in total. The van der Waals surface area contributed by atoms with Gasteiger partial charge in [-0.15, -0.1) is 0 Å². The number of hydrogen-bond acceptors (Lipinski definition) is 3. The van der Waals surface area contributed by atoms with Crippen molar-refractivity contribution in [3.05, 3.63) is 58.7 Å². The van der Waals surface area contributed by atoms with Gasteiger partial charge in [-0.1, -0.05) is 29.8 Å². The lowest BCUT2D eigenvalue weighted by Gasteiger charge is -2.14. The summed E-state index contributed by atoms with van der Waals surface area (Å²) in [6.45, 7) is 9.18. The first-order chi connectivity index (χ1) is 10.6. The number of nitrogens with one attached hydrogen (secondary N) is 2. The summed E-state index contributed by atoms with van der Waals surface area (Å²) in [5, 5.41) is 6.99. The van der Waals surface area contributed by atoms with Crippen LogP contribution in [0.1, 0.15) is 22.3 Å². The minimum atomic E-state index is 0.873. The minimum absolute atomic E-state index is 0.873. The van der Waals surface area contributed by atoms with Crippen molar-refractivity contribution in [1.82, 2.24) is 5.32 Å². The topological polar surface area (TPSA) is 33.3 Å². The third-order valence-electron chi connectivity index (χ3n) is 3.77. The van der Waals surface area contributed by atoms with Crippen molar-refractivity contribution in [2.45, 2.75) is 27.3 Å². The van der Waals surface area contributed by atoms with Gasteiger partial charge in [-0.3, -0.25) is 0 Å². The average molecular weight is 298 g/mol. The van der Waals surface area contributed by atoms with Crippen molar-refractivity contribution in [1.29, 1.82) is 0 Å². The maximum Gasteiger partial charge on any atom is 0.118 e. The molecule has 0 aliphatic rings. The van der Waals surface area contributed by atoms with E-state index in [9.17, 15) is 0 Å². The van der Waals surface area contributed by atoms with Crippen LogP contribution in [0, 0.1) is 20.8 Å². The molecule has 2 N–H and O–H groups in total. The molecule has 0 heterocycles. The average Bonchev–Trinajstić information content (AvgIpc) is 2.49. The van der Waals surface area contributed by atoms with E-state index in [2.05, 4.69) is 55.7 Å². The lowest BCUT2D eigenvalue weighted by molar-refractivity contribution is 0.414. The highest BCUT2D eigenvalue weighted by Gasteiger charge is 2.02. The van der Waals surface area contributed by atoms with Crippen LogP contribution >= 0.6 is 0 Å². The quantitative estimate of drug-likeness (QED) is 0.762. The Morgan fingerprint density at radius 1 is 0.909 bits per heavy atom. The van der Waals surface area contributed by atoms with E-state index in [1.807, 2.05) is 12.1 Å². The van der Waals surface area contributed by atoms with Crippen molar-refractivity contribution in [3.8, 4) is 5.75 Å². The van der Waals surface area contributed by atoms with Gasteiger partial charge in [0.2, 0.25) is 0 Å². The van der Waals surface area contributed by atoms with Crippen molar-refractivity contribution >= 4 is 5.69 Å². The molecule has 2 rings (SSSR count). The van der Waals surface area contributed by atoms with Crippen molar-refractivity contribution in [2.75, 3.05) is 25.5 Å². The summed E-state index contributed by atoms with van der Waals surface area (Å²) >= 11 is 0. The summed E-state index contributed by atoms with van der Waals surface area (Å²) in [6.07, 6.45) is 0. The Labute approximate surface area is 133 Å². The second-order valence-corrected chi connectivity index (χ2v) is 5.73. The van der Waals surface area contributed by atoms with Gasteiger partial charge in [0.05, 0.1) is 7.11 Å². The van der Waals surface area contributed by atoms with E-state index < -0.39 is 0 Å². The first kappa shape index (κ1) is 16.4. The smallest absolute Gasteiger partial charge is 0.118 e. The monoisotopic (exact) mass is 298 g/mol. The fourth-order valence-corrected chi connectivity index (χ4v) is 2.71. The highest BCUT2D eigenvalue weighted by Crippen LogP contribution is 2.21. The molecule has 22 heavy (non-hydrogen) atoms. The number of aryl methyl sites for hydroxylation is 3. The van der Waals surface area contributed by atoms with E-state index in [4.69, 9.17) is 4.74 Å². The molecule has 3 heteroatoms. The molecule has 2 aromatic carbocycles. The molecule has 0 radical (unpaired) electrons. The minimum Gasteiger partial charge on any atom is -0.497 e. The van der Waals surface area contributed by atoms with Gasteiger partial charge in [-0.05, 0) is 49.6 Å². The van der Waals surface area contributed by atoms with Gasteiger partial charge in [0.1, 0.15) is 5.75 Å². The third kappa shape index (κ3) is 4.50. The van der Waals surface area contributed by atoms with Crippen LogP contribution in [0.2, 0.25) is 0 Å². The van der Waals surface area contributed by atoms with Crippen LogP contribution in [-0.4, -0.2) is 20.2 Å². The first-order valence-corrected chi connectivity index (χ1v) is 7.75. The number of methoxy groups -OCH3 is 1. The molecule has 0 bridgehead atoms. The van der Waals surface area contributed by atoms with E-state index in [0.29, 0.717) is 0 Å². The maximum absolute atomic E-state index is 5.16. The Kier molecular flexibility index (Phi) is 5.84. The summed E-state index contributed by atoms with van der Waals surface area (Å²) in [4.78, 5) is 0. The first-order valence-electron chi connectivity index (χ1n) is 7.75. The molecular formula is C19H26N2O. The van der Waals surface area contributed by atoms with Crippen molar-refractivity contribution < 1.29 is 4.74 Å². The second-order valence-electron chi connectivity index (χ2n) is 5.73. The fourth-order valence-electron chi connectivity index (χ4n) is 2.71. The van der Waals surface area contributed by atoms with Crippen molar-refractivity contribution in [3.63, 3.8) is 0 Å². The summed E-state index contributed by atoms with van der Waals surface area (Å²) in [7, 11) is 1.69. The van der Waals surface area contributed by atoms with Crippen LogP contribution < -0.4 is 15.4 Å². The SMILES string of the molecule is COc1ccc(CNCCNc2c(C)cc(C)cc2C)cc1. The Balaban J connectivity index is 1.75. The molecule has 0 atom stereocenters.